The summed E-state index contributed by atoms with van der Waals surface area (Å²) >= 11 is 0. The zero-order valence-corrected chi connectivity index (χ0v) is 12.7. The third-order valence-electron chi connectivity index (χ3n) is 5.99. The molecule has 2 saturated carbocycles. The lowest BCUT2D eigenvalue weighted by Gasteiger charge is -2.45. The topological polar surface area (TPSA) is 15.3 Å². The number of nitrogens with one attached hydrogen (secondary N) is 1. The molecule has 0 aromatic heterocycles. The number of piperazine rings is 1. The Kier molecular flexibility index (Phi) is 4.81. The first-order chi connectivity index (χ1) is 9.34. The Bertz CT molecular complexity index is 272. The van der Waals surface area contributed by atoms with Crippen molar-refractivity contribution in [2.45, 2.75) is 76.8 Å². The van der Waals surface area contributed by atoms with Crippen LogP contribution in [0, 0.1) is 11.8 Å². The van der Waals surface area contributed by atoms with Crippen LogP contribution in [0.4, 0.5) is 0 Å². The predicted molar refractivity (Wildman–Crippen MR) is 81.4 cm³/mol. The van der Waals surface area contributed by atoms with E-state index in [4.69, 9.17) is 0 Å². The fourth-order valence-electron chi connectivity index (χ4n) is 4.79. The van der Waals surface area contributed by atoms with Crippen LogP contribution in [-0.2, 0) is 0 Å². The predicted octanol–water partition coefficient (Wildman–Crippen LogP) is 3.42. The molecule has 0 aromatic rings. The highest BCUT2D eigenvalue weighted by atomic mass is 15.2. The largest absolute Gasteiger partial charge is 0.311 e. The van der Waals surface area contributed by atoms with Gasteiger partial charge >= 0.3 is 0 Å². The summed E-state index contributed by atoms with van der Waals surface area (Å²) in [5.41, 5.74) is 0. The first-order valence-corrected chi connectivity index (χ1v) is 8.82. The van der Waals surface area contributed by atoms with Crippen LogP contribution in [-0.4, -0.2) is 36.6 Å². The van der Waals surface area contributed by atoms with E-state index in [1.54, 1.807) is 0 Å². The second-order valence-corrected chi connectivity index (χ2v) is 7.28. The molecular formula is C17H32N2. The summed E-state index contributed by atoms with van der Waals surface area (Å²) in [6.07, 6.45) is 13.2. The van der Waals surface area contributed by atoms with E-state index in [2.05, 4.69) is 17.1 Å². The summed E-state index contributed by atoms with van der Waals surface area (Å²) in [5.74, 6) is 1.90. The zero-order chi connectivity index (χ0) is 13.1. The van der Waals surface area contributed by atoms with Gasteiger partial charge in [-0.3, -0.25) is 4.90 Å². The van der Waals surface area contributed by atoms with Crippen molar-refractivity contribution in [2.75, 3.05) is 19.6 Å². The van der Waals surface area contributed by atoms with E-state index in [9.17, 15) is 0 Å². The molecule has 3 rings (SSSR count). The molecule has 2 heteroatoms. The molecule has 0 radical (unpaired) electrons. The highest BCUT2D eigenvalue weighted by Gasteiger charge is 2.33. The SMILES string of the molecule is CC1CCCCC1N1CCNC(C2CCCCC2)C1. The van der Waals surface area contributed by atoms with Gasteiger partial charge in [0.1, 0.15) is 0 Å². The molecule has 3 unspecified atom stereocenters. The van der Waals surface area contributed by atoms with Gasteiger partial charge in [-0.15, -0.1) is 0 Å². The highest BCUT2D eigenvalue weighted by Crippen LogP contribution is 2.32. The molecule has 1 aliphatic heterocycles. The van der Waals surface area contributed by atoms with E-state index in [0.29, 0.717) is 0 Å². The molecule has 0 amide bonds. The molecule has 3 fully saturated rings. The minimum Gasteiger partial charge on any atom is -0.311 e. The molecule has 0 bridgehead atoms. The molecule has 0 aromatic carbocycles. The Morgan fingerprint density at radius 2 is 1.63 bits per heavy atom. The second-order valence-electron chi connectivity index (χ2n) is 7.28. The number of hydrogen-bond donors (Lipinski definition) is 1. The van der Waals surface area contributed by atoms with E-state index in [1.165, 1.54) is 77.4 Å². The van der Waals surface area contributed by atoms with E-state index < -0.39 is 0 Å². The summed E-state index contributed by atoms with van der Waals surface area (Å²) in [5, 5.41) is 3.83. The van der Waals surface area contributed by atoms with Gasteiger partial charge in [-0.1, -0.05) is 39.0 Å². The lowest BCUT2D eigenvalue weighted by atomic mass is 9.81. The summed E-state index contributed by atoms with van der Waals surface area (Å²) in [6, 6.07) is 1.69. The molecular weight excluding hydrogens is 232 g/mol. The van der Waals surface area contributed by atoms with Crippen molar-refractivity contribution in [3.05, 3.63) is 0 Å². The maximum absolute atomic E-state index is 3.83. The van der Waals surface area contributed by atoms with Gasteiger partial charge in [-0.25, -0.2) is 0 Å². The van der Waals surface area contributed by atoms with E-state index in [-0.39, 0.29) is 0 Å². The summed E-state index contributed by atoms with van der Waals surface area (Å²) in [7, 11) is 0. The van der Waals surface area contributed by atoms with Gasteiger partial charge < -0.3 is 5.32 Å². The van der Waals surface area contributed by atoms with Crippen molar-refractivity contribution >= 4 is 0 Å². The Hall–Kier alpha value is -0.0800. The molecule has 1 heterocycles. The van der Waals surface area contributed by atoms with Crippen LogP contribution >= 0.6 is 0 Å². The van der Waals surface area contributed by atoms with Crippen molar-refractivity contribution < 1.29 is 0 Å². The smallest absolute Gasteiger partial charge is 0.0223 e. The quantitative estimate of drug-likeness (QED) is 0.822. The molecule has 2 aliphatic carbocycles. The third-order valence-corrected chi connectivity index (χ3v) is 5.99. The van der Waals surface area contributed by atoms with E-state index in [1.807, 2.05) is 0 Å². The van der Waals surface area contributed by atoms with Crippen molar-refractivity contribution in [3.8, 4) is 0 Å². The Labute approximate surface area is 119 Å². The van der Waals surface area contributed by atoms with Crippen molar-refractivity contribution in [1.29, 1.82) is 0 Å². The third kappa shape index (κ3) is 3.33. The maximum atomic E-state index is 3.83. The van der Waals surface area contributed by atoms with E-state index >= 15 is 0 Å². The first kappa shape index (κ1) is 13.9. The lowest BCUT2D eigenvalue weighted by molar-refractivity contribution is 0.0625. The van der Waals surface area contributed by atoms with Gasteiger partial charge in [0.05, 0.1) is 0 Å². The summed E-state index contributed by atoms with van der Waals surface area (Å²) in [6.45, 7) is 6.34. The number of rotatable bonds is 2. The van der Waals surface area contributed by atoms with Crippen LogP contribution in [0.3, 0.4) is 0 Å². The van der Waals surface area contributed by atoms with Crippen LogP contribution < -0.4 is 5.32 Å². The van der Waals surface area contributed by atoms with Crippen LogP contribution in [0.15, 0.2) is 0 Å². The normalized spacial score (nSPS) is 39.3. The van der Waals surface area contributed by atoms with E-state index in [0.717, 1.165) is 23.9 Å². The molecule has 110 valence electrons. The lowest BCUT2D eigenvalue weighted by Crippen LogP contribution is -2.58. The van der Waals surface area contributed by atoms with Crippen molar-refractivity contribution in [3.63, 3.8) is 0 Å². The Morgan fingerprint density at radius 3 is 2.42 bits per heavy atom. The monoisotopic (exact) mass is 264 g/mol. The van der Waals surface area contributed by atoms with Crippen LogP contribution in [0.25, 0.3) is 0 Å². The maximum Gasteiger partial charge on any atom is 0.0223 e. The highest BCUT2D eigenvalue weighted by molar-refractivity contribution is 4.90. The fraction of sp³-hybridized carbons (Fsp3) is 1.00. The molecule has 0 spiro atoms. The van der Waals surface area contributed by atoms with Gasteiger partial charge in [-0.05, 0) is 37.5 Å². The zero-order valence-electron chi connectivity index (χ0n) is 12.7. The minimum absolute atomic E-state index is 0.795. The molecule has 1 N–H and O–H groups in total. The van der Waals surface area contributed by atoms with Gasteiger partial charge in [0.25, 0.3) is 0 Å². The van der Waals surface area contributed by atoms with Crippen LogP contribution in [0.5, 0.6) is 0 Å². The van der Waals surface area contributed by atoms with Crippen molar-refractivity contribution in [2.24, 2.45) is 11.8 Å². The Balaban J connectivity index is 1.57. The number of hydrogen-bond acceptors (Lipinski definition) is 2. The minimum atomic E-state index is 0.795. The van der Waals surface area contributed by atoms with Crippen molar-refractivity contribution in [1.82, 2.24) is 10.2 Å². The molecule has 19 heavy (non-hydrogen) atoms. The van der Waals surface area contributed by atoms with Gasteiger partial charge in [0.2, 0.25) is 0 Å². The van der Waals surface area contributed by atoms with Gasteiger partial charge in [-0.2, -0.15) is 0 Å². The summed E-state index contributed by atoms with van der Waals surface area (Å²) in [4.78, 5) is 2.85. The first-order valence-electron chi connectivity index (χ1n) is 8.82. The van der Waals surface area contributed by atoms with Gasteiger partial charge in [0.15, 0.2) is 0 Å². The molecule has 3 aliphatic rings. The summed E-state index contributed by atoms with van der Waals surface area (Å²) < 4.78 is 0. The van der Waals surface area contributed by atoms with Crippen LogP contribution in [0.1, 0.15) is 64.7 Å². The number of nitrogens with zero attached hydrogens (tertiary/aromatic N) is 1. The average molecular weight is 264 g/mol. The molecule has 3 atom stereocenters. The average Bonchev–Trinajstić information content (AvgIpc) is 2.49. The molecule has 2 nitrogen and oxygen atoms in total. The molecule has 1 saturated heterocycles. The fourth-order valence-corrected chi connectivity index (χ4v) is 4.79. The standard InChI is InChI=1S/C17H32N2/c1-14-7-5-6-10-17(14)19-12-11-18-16(13-19)15-8-3-2-4-9-15/h14-18H,2-13H2,1H3. The second kappa shape index (κ2) is 6.58. The van der Waals surface area contributed by atoms with Gasteiger partial charge in [0, 0.05) is 31.7 Å². The Morgan fingerprint density at radius 1 is 0.895 bits per heavy atom. The van der Waals surface area contributed by atoms with Crippen LogP contribution in [0.2, 0.25) is 0 Å².